The van der Waals surface area contributed by atoms with Gasteiger partial charge in [-0.3, -0.25) is 19.3 Å². The van der Waals surface area contributed by atoms with Crippen LogP contribution in [0.1, 0.15) is 44.7 Å². The van der Waals surface area contributed by atoms with Gasteiger partial charge >= 0.3 is 0 Å². The highest BCUT2D eigenvalue weighted by atomic mass is 32.1. The number of hydrogen-bond acceptors (Lipinski definition) is 5. The van der Waals surface area contributed by atoms with E-state index in [1.54, 1.807) is 4.57 Å². The molecule has 1 saturated carbocycles. The van der Waals surface area contributed by atoms with Crippen LogP contribution in [0.5, 0.6) is 5.88 Å². The summed E-state index contributed by atoms with van der Waals surface area (Å²) in [7, 11) is 0. The largest absolute Gasteiger partial charge is 0.494 e. The first-order chi connectivity index (χ1) is 10.6. The maximum atomic E-state index is 11.9. The van der Waals surface area contributed by atoms with E-state index in [-0.39, 0.29) is 27.8 Å². The van der Waals surface area contributed by atoms with E-state index in [0.717, 1.165) is 38.9 Å². The van der Waals surface area contributed by atoms with E-state index in [4.69, 9.17) is 12.2 Å². The van der Waals surface area contributed by atoms with Crippen LogP contribution >= 0.6 is 12.2 Å². The Hall–Kier alpha value is -1.47. The minimum atomic E-state index is -0.383. The first kappa shape index (κ1) is 16.9. The number of nitrogens with one attached hydrogen (secondary N) is 1. The van der Waals surface area contributed by atoms with Gasteiger partial charge in [0.25, 0.3) is 5.56 Å². The maximum absolute atomic E-state index is 11.9. The van der Waals surface area contributed by atoms with Crippen molar-refractivity contribution >= 4 is 18.4 Å². The zero-order valence-corrected chi connectivity index (χ0v) is 14.0. The number of aromatic nitrogens is 2. The van der Waals surface area contributed by atoms with Crippen LogP contribution in [0, 0.1) is 4.77 Å². The Kier molecular flexibility index (Phi) is 5.90. The van der Waals surface area contributed by atoms with Gasteiger partial charge in [0, 0.05) is 18.8 Å². The van der Waals surface area contributed by atoms with Crippen molar-refractivity contribution in [1.82, 2.24) is 14.5 Å². The van der Waals surface area contributed by atoms with Gasteiger partial charge in [0.15, 0.2) is 4.77 Å². The number of aliphatic imine (C=N–C) groups is 1. The number of hydrogen-bond donors (Lipinski definition) is 2. The van der Waals surface area contributed by atoms with Crippen LogP contribution in [-0.4, -0.2) is 52.0 Å². The third-order valence-electron chi connectivity index (χ3n) is 3.94. The lowest BCUT2D eigenvalue weighted by molar-refractivity contribution is 0.302. The summed E-state index contributed by atoms with van der Waals surface area (Å²) in [5.41, 5.74) is -0.185. The molecule has 2 N–H and O–H groups in total. The average molecular weight is 324 g/mol. The van der Waals surface area contributed by atoms with Crippen LogP contribution in [0.15, 0.2) is 9.79 Å². The van der Waals surface area contributed by atoms with Gasteiger partial charge in [-0.1, -0.05) is 13.8 Å². The molecule has 0 aromatic carbocycles. The normalized spacial score (nSPS) is 15.0. The van der Waals surface area contributed by atoms with E-state index in [9.17, 15) is 9.90 Å². The van der Waals surface area contributed by atoms with E-state index in [2.05, 4.69) is 28.7 Å². The van der Waals surface area contributed by atoms with Crippen molar-refractivity contribution in [3.05, 3.63) is 20.7 Å². The fourth-order valence-corrected chi connectivity index (χ4v) is 2.75. The molecule has 0 saturated heterocycles. The lowest BCUT2D eigenvalue weighted by Gasteiger charge is -2.16. The summed E-state index contributed by atoms with van der Waals surface area (Å²) in [5, 5.41) is 10.3. The molecule has 0 unspecified atom stereocenters. The van der Waals surface area contributed by atoms with E-state index >= 15 is 0 Å². The Morgan fingerprint density at radius 3 is 2.73 bits per heavy atom. The monoisotopic (exact) mass is 324 g/mol. The highest BCUT2D eigenvalue weighted by molar-refractivity contribution is 7.71. The Morgan fingerprint density at radius 2 is 2.14 bits per heavy atom. The van der Waals surface area contributed by atoms with Crippen molar-refractivity contribution in [3.8, 4) is 5.88 Å². The van der Waals surface area contributed by atoms with Crippen LogP contribution in [0.25, 0.3) is 0 Å². The molecular formula is C15H24N4O2S. The van der Waals surface area contributed by atoms with Gasteiger partial charge in [0.05, 0.1) is 0 Å². The predicted molar refractivity (Wildman–Crippen MR) is 90.7 cm³/mol. The van der Waals surface area contributed by atoms with Gasteiger partial charge in [0.1, 0.15) is 5.56 Å². The molecule has 0 spiro atoms. The molecular weight excluding hydrogens is 300 g/mol. The quantitative estimate of drug-likeness (QED) is 0.436. The second-order valence-electron chi connectivity index (χ2n) is 5.51. The number of H-pyrrole nitrogens is 1. The molecule has 0 bridgehead atoms. The summed E-state index contributed by atoms with van der Waals surface area (Å²) in [4.78, 5) is 21.1. The first-order valence-electron chi connectivity index (χ1n) is 7.88. The summed E-state index contributed by atoms with van der Waals surface area (Å²) in [6, 6.07) is 0.208. The Morgan fingerprint density at radius 1 is 1.45 bits per heavy atom. The number of aromatic amines is 1. The van der Waals surface area contributed by atoms with Crippen molar-refractivity contribution in [2.75, 3.05) is 26.2 Å². The molecule has 22 heavy (non-hydrogen) atoms. The van der Waals surface area contributed by atoms with Gasteiger partial charge in [0.2, 0.25) is 5.88 Å². The summed E-state index contributed by atoms with van der Waals surface area (Å²) in [6.07, 6.45) is 4.35. The fourth-order valence-electron chi connectivity index (χ4n) is 2.42. The van der Waals surface area contributed by atoms with E-state index in [0.29, 0.717) is 6.54 Å². The number of rotatable bonds is 8. The molecule has 0 atom stereocenters. The van der Waals surface area contributed by atoms with Gasteiger partial charge in [-0.25, -0.2) is 0 Å². The highest BCUT2D eigenvalue weighted by Gasteiger charge is 2.27. The molecule has 1 heterocycles. The standard InChI is InChI=1S/C15H24N4O2S/c1-3-18(4-2)9-5-8-16-10-12-13(20)17-15(22)19(14(12)21)11-6-7-11/h10-11,21H,3-9H2,1-2H3,(H,17,20,22). The molecule has 6 nitrogen and oxygen atoms in total. The summed E-state index contributed by atoms with van der Waals surface area (Å²) in [5.74, 6) is -0.0660. The Balaban J connectivity index is 2.03. The molecule has 1 fully saturated rings. The smallest absolute Gasteiger partial charge is 0.264 e. The van der Waals surface area contributed by atoms with Crippen LogP contribution in [-0.2, 0) is 0 Å². The van der Waals surface area contributed by atoms with E-state index < -0.39 is 0 Å². The lowest BCUT2D eigenvalue weighted by Crippen LogP contribution is -2.24. The lowest BCUT2D eigenvalue weighted by atomic mass is 10.3. The molecule has 122 valence electrons. The molecule has 1 aliphatic carbocycles. The molecule has 1 aromatic heterocycles. The Bertz CT molecular complexity index is 642. The van der Waals surface area contributed by atoms with Crippen molar-refractivity contribution in [1.29, 1.82) is 0 Å². The van der Waals surface area contributed by atoms with Gasteiger partial charge < -0.3 is 10.0 Å². The van der Waals surface area contributed by atoms with Crippen molar-refractivity contribution < 1.29 is 5.11 Å². The second kappa shape index (κ2) is 7.69. The SMILES string of the molecule is CCN(CC)CCCN=Cc1c(O)n(C2CC2)c(=S)[nH]c1=O. The fraction of sp³-hybridized carbons (Fsp3) is 0.667. The maximum Gasteiger partial charge on any atom is 0.264 e. The van der Waals surface area contributed by atoms with Crippen molar-refractivity contribution in [2.45, 2.75) is 39.2 Å². The first-order valence-corrected chi connectivity index (χ1v) is 8.29. The van der Waals surface area contributed by atoms with Gasteiger partial charge in [-0.2, -0.15) is 0 Å². The predicted octanol–water partition coefficient (Wildman–Crippen LogP) is 2.10. The molecule has 7 heteroatoms. The van der Waals surface area contributed by atoms with Crippen LogP contribution in [0.2, 0.25) is 0 Å². The minimum absolute atomic E-state index is 0.0660. The second-order valence-corrected chi connectivity index (χ2v) is 5.90. The molecule has 0 radical (unpaired) electrons. The van der Waals surface area contributed by atoms with E-state index in [1.807, 2.05) is 0 Å². The number of nitrogens with zero attached hydrogens (tertiary/aromatic N) is 3. The van der Waals surface area contributed by atoms with Crippen LogP contribution in [0.3, 0.4) is 0 Å². The number of aromatic hydroxyl groups is 1. The molecule has 0 amide bonds. The van der Waals surface area contributed by atoms with Gasteiger partial charge in [-0.05, 0) is 51.1 Å². The zero-order valence-electron chi connectivity index (χ0n) is 13.2. The minimum Gasteiger partial charge on any atom is -0.494 e. The molecule has 0 aliphatic heterocycles. The van der Waals surface area contributed by atoms with Crippen LogP contribution < -0.4 is 5.56 Å². The summed E-state index contributed by atoms with van der Waals surface area (Å²) < 4.78 is 1.90. The van der Waals surface area contributed by atoms with Gasteiger partial charge in [-0.15, -0.1) is 0 Å². The molecule has 1 aliphatic rings. The summed E-state index contributed by atoms with van der Waals surface area (Å²) in [6.45, 7) is 7.95. The zero-order chi connectivity index (χ0) is 16.1. The van der Waals surface area contributed by atoms with Crippen LogP contribution in [0.4, 0.5) is 0 Å². The topological polar surface area (TPSA) is 73.6 Å². The molecule has 2 rings (SSSR count). The third kappa shape index (κ3) is 4.04. The average Bonchev–Trinajstić information content (AvgIpc) is 3.30. The van der Waals surface area contributed by atoms with Crippen molar-refractivity contribution in [3.63, 3.8) is 0 Å². The Labute approximate surface area is 135 Å². The van der Waals surface area contributed by atoms with Crippen molar-refractivity contribution in [2.24, 2.45) is 4.99 Å². The highest BCUT2D eigenvalue weighted by Crippen LogP contribution is 2.37. The molecule has 1 aromatic rings. The third-order valence-corrected chi connectivity index (χ3v) is 4.24. The van der Waals surface area contributed by atoms with E-state index in [1.165, 1.54) is 6.21 Å². The summed E-state index contributed by atoms with van der Waals surface area (Å²) >= 11 is 5.11.